The number of azo groups is 1. The van der Waals surface area contributed by atoms with Crippen molar-refractivity contribution in [2.24, 2.45) is 10.2 Å². The average molecular weight is 242 g/mol. The summed E-state index contributed by atoms with van der Waals surface area (Å²) in [5.41, 5.74) is 0. The van der Waals surface area contributed by atoms with E-state index in [4.69, 9.17) is 28.0 Å². The molecule has 2 aliphatic rings. The molecule has 0 spiro atoms. The van der Waals surface area contributed by atoms with Crippen LogP contribution in [-0.4, -0.2) is 16.6 Å². The van der Waals surface area contributed by atoms with Crippen LogP contribution in [0.1, 0.15) is 0 Å². The molecule has 76 valence electrons. The van der Waals surface area contributed by atoms with Gasteiger partial charge in [0.2, 0.25) is 5.22 Å². The molecule has 0 bridgehead atoms. The lowest BCUT2D eigenvalue weighted by Crippen LogP contribution is -2.40. The van der Waals surface area contributed by atoms with Crippen LogP contribution >= 0.6 is 23.2 Å². The summed E-state index contributed by atoms with van der Waals surface area (Å²) in [4.78, 5) is 4.79. The van der Waals surface area contributed by atoms with Gasteiger partial charge < -0.3 is 4.84 Å². The molecule has 0 aromatic carbocycles. The Labute approximate surface area is 87.4 Å². The van der Waals surface area contributed by atoms with Gasteiger partial charge in [-0.25, -0.2) is 0 Å². The fraction of sp³-hybridized carbons (Fsp3) is 0.333. The van der Waals surface area contributed by atoms with Crippen LogP contribution in [0.3, 0.4) is 0 Å². The number of hydroxylamine groups is 2. The molecule has 0 saturated heterocycles. The Morgan fingerprint density at radius 1 is 1.50 bits per heavy atom. The van der Waals surface area contributed by atoms with E-state index in [1.165, 1.54) is 12.2 Å². The maximum Gasteiger partial charge on any atom is 0.366 e. The van der Waals surface area contributed by atoms with Crippen LogP contribution in [0.2, 0.25) is 0 Å². The summed E-state index contributed by atoms with van der Waals surface area (Å²) in [6, 6.07) is 0. The van der Waals surface area contributed by atoms with Crippen LogP contribution < -0.4 is 0 Å². The number of hydrogen-bond donors (Lipinski definition) is 0. The second-order valence-electron chi connectivity index (χ2n) is 2.54. The van der Waals surface area contributed by atoms with Crippen LogP contribution in [0, 0.1) is 0 Å². The van der Waals surface area contributed by atoms with Gasteiger partial charge in [0.05, 0.1) is 0 Å². The van der Waals surface area contributed by atoms with E-state index in [1.807, 2.05) is 0 Å². The number of halogens is 4. The van der Waals surface area contributed by atoms with Gasteiger partial charge in [-0.2, -0.15) is 13.8 Å². The molecule has 0 radical (unpaired) electrons. The molecule has 14 heavy (non-hydrogen) atoms. The van der Waals surface area contributed by atoms with Gasteiger partial charge in [-0.05, 0) is 35.4 Å². The minimum absolute atomic E-state index is 0.0491. The van der Waals surface area contributed by atoms with Crippen LogP contribution in [0.5, 0.6) is 0 Å². The Hall–Kier alpha value is -0.880. The molecule has 0 aliphatic carbocycles. The van der Waals surface area contributed by atoms with E-state index in [0.717, 1.165) is 5.06 Å². The van der Waals surface area contributed by atoms with Crippen molar-refractivity contribution < 1.29 is 13.6 Å². The predicted molar refractivity (Wildman–Crippen MR) is 44.4 cm³/mol. The van der Waals surface area contributed by atoms with E-state index in [0.29, 0.717) is 0 Å². The Kier molecular flexibility index (Phi) is 2.11. The maximum absolute atomic E-state index is 12.7. The van der Waals surface area contributed by atoms with Gasteiger partial charge in [-0.1, -0.05) is 0 Å². The topological polar surface area (TPSA) is 37.2 Å². The molecule has 1 atom stereocenters. The van der Waals surface area contributed by atoms with E-state index < -0.39 is 11.5 Å². The first-order valence-corrected chi connectivity index (χ1v) is 4.26. The molecule has 2 aliphatic heterocycles. The molecule has 0 aromatic heterocycles. The summed E-state index contributed by atoms with van der Waals surface area (Å²) in [6.45, 7) is 0. The number of alkyl halides is 3. The van der Waals surface area contributed by atoms with Crippen molar-refractivity contribution in [1.82, 2.24) is 5.06 Å². The van der Waals surface area contributed by atoms with Crippen molar-refractivity contribution >= 4 is 23.2 Å². The SMILES string of the molecule is FC(F)(Cl)C1N=NC2=CC=C(Cl)ON21. The highest BCUT2D eigenvalue weighted by atomic mass is 35.5. The van der Waals surface area contributed by atoms with Gasteiger partial charge >= 0.3 is 5.38 Å². The zero-order valence-electron chi connectivity index (χ0n) is 6.49. The van der Waals surface area contributed by atoms with E-state index >= 15 is 0 Å². The van der Waals surface area contributed by atoms with Crippen molar-refractivity contribution in [3.05, 3.63) is 23.2 Å². The smallest absolute Gasteiger partial charge is 0.363 e. The minimum atomic E-state index is -3.56. The van der Waals surface area contributed by atoms with Crippen LogP contribution in [0.25, 0.3) is 0 Å². The Bertz CT molecular complexity index is 349. The number of fused-ring (bicyclic) bond motifs is 1. The van der Waals surface area contributed by atoms with Crippen molar-refractivity contribution in [1.29, 1.82) is 0 Å². The largest absolute Gasteiger partial charge is 0.366 e. The van der Waals surface area contributed by atoms with Gasteiger partial charge in [0.25, 0.3) is 6.17 Å². The second kappa shape index (κ2) is 3.06. The second-order valence-corrected chi connectivity index (χ2v) is 3.42. The molecule has 0 fully saturated rings. The monoisotopic (exact) mass is 241 g/mol. The van der Waals surface area contributed by atoms with Gasteiger partial charge in [0.1, 0.15) is 0 Å². The zero-order chi connectivity index (χ0) is 10.3. The molecule has 0 saturated carbocycles. The Balaban J connectivity index is 2.26. The maximum atomic E-state index is 12.7. The van der Waals surface area contributed by atoms with E-state index in [2.05, 4.69) is 10.2 Å². The third kappa shape index (κ3) is 1.55. The third-order valence-corrected chi connectivity index (χ3v) is 1.95. The molecule has 0 amide bonds. The molecule has 0 aromatic rings. The van der Waals surface area contributed by atoms with Gasteiger partial charge in [0.15, 0.2) is 5.82 Å². The standard InChI is InChI=1S/C6H3Cl2F2N3O/c7-3-1-2-4-11-12-5(6(8,9)10)13(4)14-3/h1-2,5H. The summed E-state index contributed by atoms with van der Waals surface area (Å²) < 4.78 is 25.5. The highest BCUT2D eigenvalue weighted by molar-refractivity contribution is 6.28. The summed E-state index contributed by atoms with van der Waals surface area (Å²) >= 11 is 10.3. The van der Waals surface area contributed by atoms with Gasteiger partial charge in [0, 0.05) is 0 Å². The summed E-state index contributed by atoms with van der Waals surface area (Å²) in [5, 5.41) is 3.88. The normalized spacial score (nSPS) is 25.4. The number of nitrogens with zero attached hydrogens (tertiary/aromatic N) is 3. The van der Waals surface area contributed by atoms with Crippen LogP contribution in [0.4, 0.5) is 8.78 Å². The lowest BCUT2D eigenvalue weighted by Gasteiger charge is -2.26. The quantitative estimate of drug-likeness (QED) is 0.663. The fourth-order valence-electron chi connectivity index (χ4n) is 0.996. The lowest BCUT2D eigenvalue weighted by molar-refractivity contribution is -0.149. The first-order valence-electron chi connectivity index (χ1n) is 3.51. The summed E-state index contributed by atoms with van der Waals surface area (Å²) in [5.74, 6) is 0.139. The third-order valence-electron chi connectivity index (χ3n) is 1.56. The molecular formula is C6H3Cl2F2N3O. The fourth-order valence-corrected chi connectivity index (χ4v) is 1.27. The highest BCUT2D eigenvalue weighted by Gasteiger charge is 2.48. The van der Waals surface area contributed by atoms with Gasteiger partial charge in [-0.15, -0.1) is 10.2 Å². The van der Waals surface area contributed by atoms with E-state index in [9.17, 15) is 8.78 Å². The van der Waals surface area contributed by atoms with Crippen molar-refractivity contribution in [2.75, 3.05) is 0 Å². The molecule has 4 nitrogen and oxygen atoms in total. The van der Waals surface area contributed by atoms with Crippen LogP contribution in [0.15, 0.2) is 33.4 Å². The van der Waals surface area contributed by atoms with Crippen molar-refractivity contribution in [3.8, 4) is 0 Å². The zero-order valence-corrected chi connectivity index (χ0v) is 8.01. The molecular weight excluding hydrogens is 239 g/mol. The minimum Gasteiger partial charge on any atom is -0.363 e. The average Bonchev–Trinajstić information content (AvgIpc) is 2.45. The molecule has 2 rings (SSSR count). The lowest BCUT2D eigenvalue weighted by atomic mass is 10.4. The summed E-state index contributed by atoms with van der Waals surface area (Å²) in [7, 11) is 0. The number of hydrogen-bond acceptors (Lipinski definition) is 4. The summed E-state index contributed by atoms with van der Waals surface area (Å²) in [6.07, 6.45) is 1.09. The Morgan fingerprint density at radius 2 is 2.21 bits per heavy atom. The highest BCUT2D eigenvalue weighted by Crippen LogP contribution is 2.37. The molecule has 8 heteroatoms. The first kappa shape index (κ1) is 9.67. The predicted octanol–water partition coefficient (Wildman–Crippen LogP) is 2.78. The van der Waals surface area contributed by atoms with E-state index in [-0.39, 0.29) is 11.0 Å². The van der Waals surface area contributed by atoms with Crippen molar-refractivity contribution in [2.45, 2.75) is 11.5 Å². The molecule has 0 N–H and O–H groups in total. The molecule has 1 unspecified atom stereocenters. The van der Waals surface area contributed by atoms with Crippen LogP contribution in [-0.2, 0) is 4.84 Å². The first-order chi connectivity index (χ1) is 6.48. The van der Waals surface area contributed by atoms with Gasteiger partial charge in [-0.3, -0.25) is 0 Å². The Morgan fingerprint density at radius 3 is 2.86 bits per heavy atom. The van der Waals surface area contributed by atoms with E-state index in [1.54, 1.807) is 0 Å². The number of allylic oxidation sites excluding steroid dienone is 2. The van der Waals surface area contributed by atoms with Crippen molar-refractivity contribution in [3.63, 3.8) is 0 Å². The molecule has 2 heterocycles. The number of rotatable bonds is 1.